The minimum Gasteiger partial charge on any atom is -0.494 e. The molecule has 0 aliphatic rings. The predicted molar refractivity (Wildman–Crippen MR) is 76.8 cm³/mol. The van der Waals surface area contributed by atoms with E-state index in [4.69, 9.17) is 10.6 Å². The van der Waals surface area contributed by atoms with E-state index in [1.165, 1.54) is 5.56 Å². The van der Waals surface area contributed by atoms with Gasteiger partial charge in [0.05, 0.1) is 6.61 Å². The smallest absolute Gasteiger partial charge is 0.233 e. The van der Waals surface area contributed by atoms with E-state index in [1.54, 1.807) is 0 Å². The Balaban J connectivity index is 2.25. The SMILES string of the molecule is CCC(C)c1ccc(OCCCCC(=O)NN)cc1. The minimum atomic E-state index is -0.127. The van der Waals surface area contributed by atoms with Gasteiger partial charge in [-0.25, -0.2) is 5.84 Å². The second-order valence-corrected chi connectivity index (χ2v) is 4.75. The first-order valence-corrected chi connectivity index (χ1v) is 6.89. The van der Waals surface area contributed by atoms with Crippen molar-refractivity contribution in [2.45, 2.75) is 45.4 Å². The van der Waals surface area contributed by atoms with Crippen LogP contribution in [0.15, 0.2) is 24.3 Å². The van der Waals surface area contributed by atoms with Crippen molar-refractivity contribution in [3.63, 3.8) is 0 Å². The molecule has 1 atom stereocenters. The first-order chi connectivity index (χ1) is 9.17. The number of unbranched alkanes of at least 4 members (excludes halogenated alkanes) is 1. The number of carbonyl (C=O) groups is 1. The Morgan fingerprint density at radius 3 is 2.58 bits per heavy atom. The fourth-order valence-corrected chi connectivity index (χ4v) is 1.78. The van der Waals surface area contributed by atoms with Gasteiger partial charge in [-0.3, -0.25) is 10.2 Å². The number of amides is 1. The van der Waals surface area contributed by atoms with Crippen LogP contribution in [-0.2, 0) is 4.79 Å². The molecule has 0 fully saturated rings. The van der Waals surface area contributed by atoms with Gasteiger partial charge in [0.2, 0.25) is 5.91 Å². The summed E-state index contributed by atoms with van der Waals surface area (Å²) >= 11 is 0. The van der Waals surface area contributed by atoms with E-state index < -0.39 is 0 Å². The van der Waals surface area contributed by atoms with Gasteiger partial charge in [-0.15, -0.1) is 0 Å². The Hall–Kier alpha value is -1.55. The van der Waals surface area contributed by atoms with Crippen molar-refractivity contribution in [2.75, 3.05) is 6.61 Å². The molecule has 4 nitrogen and oxygen atoms in total. The second-order valence-electron chi connectivity index (χ2n) is 4.75. The molecule has 0 heterocycles. The van der Waals surface area contributed by atoms with E-state index in [-0.39, 0.29) is 5.91 Å². The summed E-state index contributed by atoms with van der Waals surface area (Å²) in [7, 11) is 0. The van der Waals surface area contributed by atoms with Gasteiger partial charge in [-0.05, 0) is 42.9 Å². The number of nitrogens with two attached hydrogens (primary N) is 1. The lowest BCUT2D eigenvalue weighted by Crippen LogP contribution is -2.29. The zero-order chi connectivity index (χ0) is 14.1. The van der Waals surface area contributed by atoms with Crippen molar-refractivity contribution >= 4 is 5.91 Å². The van der Waals surface area contributed by atoms with Crippen molar-refractivity contribution in [3.8, 4) is 5.75 Å². The van der Waals surface area contributed by atoms with Gasteiger partial charge in [-0.1, -0.05) is 26.0 Å². The number of hydrazine groups is 1. The average molecular weight is 264 g/mol. The number of hydrogen-bond donors (Lipinski definition) is 2. The fraction of sp³-hybridized carbons (Fsp3) is 0.533. The quantitative estimate of drug-likeness (QED) is 0.328. The third kappa shape index (κ3) is 5.75. The molecule has 0 radical (unpaired) electrons. The molecule has 1 aromatic rings. The zero-order valence-corrected chi connectivity index (χ0v) is 11.8. The van der Waals surface area contributed by atoms with Crippen LogP contribution in [0, 0.1) is 0 Å². The molecule has 0 spiro atoms. The molecule has 0 bridgehead atoms. The van der Waals surface area contributed by atoms with Crippen LogP contribution in [0.4, 0.5) is 0 Å². The zero-order valence-electron chi connectivity index (χ0n) is 11.8. The molecule has 1 unspecified atom stereocenters. The monoisotopic (exact) mass is 264 g/mol. The van der Waals surface area contributed by atoms with Crippen molar-refractivity contribution in [1.29, 1.82) is 0 Å². The number of carbonyl (C=O) groups excluding carboxylic acids is 1. The average Bonchev–Trinajstić information content (AvgIpc) is 2.46. The molecule has 4 heteroatoms. The maximum Gasteiger partial charge on any atom is 0.233 e. The summed E-state index contributed by atoms with van der Waals surface area (Å²) in [4.78, 5) is 10.9. The molecule has 3 N–H and O–H groups in total. The summed E-state index contributed by atoms with van der Waals surface area (Å²) in [5.41, 5.74) is 3.46. The van der Waals surface area contributed by atoms with Crippen LogP contribution in [0.3, 0.4) is 0 Å². The van der Waals surface area contributed by atoms with Crippen LogP contribution in [0.2, 0.25) is 0 Å². The Morgan fingerprint density at radius 1 is 1.32 bits per heavy atom. The topological polar surface area (TPSA) is 64.3 Å². The number of nitrogens with one attached hydrogen (secondary N) is 1. The van der Waals surface area contributed by atoms with Crippen LogP contribution < -0.4 is 16.0 Å². The molecule has 1 aromatic carbocycles. The molecular weight excluding hydrogens is 240 g/mol. The Kier molecular flexibility index (Phi) is 6.97. The summed E-state index contributed by atoms with van der Waals surface area (Å²) in [6.45, 7) is 5.03. The van der Waals surface area contributed by atoms with Gasteiger partial charge in [-0.2, -0.15) is 0 Å². The van der Waals surface area contributed by atoms with Crippen LogP contribution >= 0.6 is 0 Å². The maximum atomic E-state index is 10.9. The molecule has 1 amide bonds. The van der Waals surface area contributed by atoms with E-state index in [0.717, 1.165) is 25.0 Å². The number of hydrogen-bond acceptors (Lipinski definition) is 3. The largest absolute Gasteiger partial charge is 0.494 e. The minimum absolute atomic E-state index is 0.127. The van der Waals surface area contributed by atoms with Gasteiger partial charge in [0.25, 0.3) is 0 Å². The van der Waals surface area contributed by atoms with Crippen LogP contribution in [0.25, 0.3) is 0 Å². The van der Waals surface area contributed by atoms with Crippen LogP contribution in [0.1, 0.15) is 51.0 Å². The van der Waals surface area contributed by atoms with E-state index in [1.807, 2.05) is 12.1 Å². The van der Waals surface area contributed by atoms with E-state index >= 15 is 0 Å². The van der Waals surface area contributed by atoms with E-state index in [9.17, 15) is 4.79 Å². The first kappa shape index (κ1) is 15.5. The maximum absolute atomic E-state index is 10.9. The Morgan fingerprint density at radius 2 is 2.00 bits per heavy atom. The number of ether oxygens (including phenoxy) is 1. The van der Waals surface area contributed by atoms with Gasteiger partial charge in [0.15, 0.2) is 0 Å². The molecule has 0 saturated carbocycles. The molecule has 0 aliphatic heterocycles. The summed E-state index contributed by atoms with van der Waals surface area (Å²) < 4.78 is 5.63. The predicted octanol–water partition coefficient (Wildman–Crippen LogP) is 2.74. The molecule has 19 heavy (non-hydrogen) atoms. The summed E-state index contributed by atoms with van der Waals surface area (Å²) in [6.07, 6.45) is 3.23. The highest BCUT2D eigenvalue weighted by molar-refractivity contribution is 5.75. The molecular formula is C15H24N2O2. The highest BCUT2D eigenvalue weighted by atomic mass is 16.5. The highest BCUT2D eigenvalue weighted by Crippen LogP contribution is 2.21. The van der Waals surface area contributed by atoms with Crippen LogP contribution in [-0.4, -0.2) is 12.5 Å². The third-order valence-electron chi connectivity index (χ3n) is 3.29. The molecule has 0 aromatic heterocycles. The first-order valence-electron chi connectivity index (χ1n) is 6.89. The van der Waals surface area contributed by atoms with Gasteiger partial charge in [0, 0.05) is 6.42 Å². The van der Waals surface area contributed by atoms with E-state index in [0.29, 0.717) is 18.9 Å². The Bertz CT molecular complexity index is 376. The van der Waals surface area contributed by atoms with Crippen molar-refractivity contribution in [1.82, 2.24) is 5.43 Å². The van der Waals surface area contributed by atoms with Crippen molar-refractivity contribution < 1.29 is 9.53 Å². The Labute approximate surface area is 115 Å². The number of benzene rings is 1. The van der Waals surface area contributed by atoms with Gasteiger partial charge >= 0.3 is 0 Å². The van der Waals surface area contributed by atoms with Crippen LogP contribution in [0.5, 0.6) is 5.75 Å². The molecule has 0 aliphatic carbocycles. The standard InChI is InChI=1S/C15H24N2O2/c1-3-12(2)13-7-9-14(10-8-13)19-11-5-4-6-15(18)17-16/h7-10,12H,3-6,11,16H2,1-2H3,(H,17,18). The van der Waals surface area contributed by atoms with Crippen molar-refractivity contribution in [3.05, 3.63) is 29.8 Å². The lowest BCUT2D eigenvalue weighted by molar-refractivity contribution is -0.121. The number of rotatable bonds is 8. The summed E-state index contributed by atoms with van der Waals surface area (Å²) in [6, 6.07) is 8.25. The molecule has 0 saturated heterocycles. The summed E-state index contributed by atoms with van der Waals surface area (Å²) in [5.74, 6) is 6.34. The van der Waals surface area contributed by atoms with Gasteiger partial charge < -0.3 is 4.74 Å². The normalized spacial score (nSPS) is 11.9. The summed E-state index contributed by atoms with van der Waals surface area (Å²) in [5, 5.41) is 0. The molecule has 1 rings (SSSR count). The fourth-order valence-electron chi connectivity index (χ4n) is 1.78. The second kappa shape index (κ2) is 8.53. The lowest BCUT2D eigenvalue weighted by Gasteiger charge is -2.10. The lowest BCUT2D eigenvalue weighted by atomic mass is 9.99. The third-order valence-corrected chi connectivity index (χ3v) is 3.29. The molecule has 106 valence electrons. The van der Waals surface area contributed by atoms with E-state index in [2.05, 4.69) is 31.4 Å². The van der Waals surface area contributed by atoms with Crippen molar-refractivity contribution in [2.24, 2.45) is 5.84 Å². The van der Waals surface area contributed by atoms with Gasteiger partial charge in [0.1, 0.15) is 5.75 Å². The highest BCUT2D eigenvalue weighted by Gasteiger charge is 2.03.